The Kier molecular flexibility index (Phi) is 4.89. The minimum atomic E-state index is -3.39. The lowest BCUT2D eigenvalue weighted by atomic mass is 10.0. The van der Waals surface area contributed by atoms with Gasteiger partial charge in [-0.25, -0.2) is 13.4 Å². The molecule has 1 saturated heterocycles. The van der Waals surface area contributed by atoms with Crippen molar-refractivity contribution in [3.8, 4) is 0 Å². The first kappa shape index (κ1) is 17.3. The number of nitrogens with one attached hydrogen (secondary N) is 1. The zero-order valence-corrected chi connectivity index (χ0v) is 15.4. The number of thiazole rings is 1. The molecule has 3 rings (SSSR count). The van der Waals surface area contributed by atoms with Crippen molar-refractivity contribution >= 4 is 42.6 Å². The molecule has 1 aliphatic rings. The van der Waals surface area contributed by atoms with Crippen LogP contribution in [0.4, 0.5) is 5.13 Å². The van der Waals surface area contributed by atoms with E-state index in [1.807, 2.05) is 18.2 Å². The van der Waals surface area contributed by atoms with E-state index in [1.165, 1.54) is 15.6 Å². The second kappa shape index (κ2) is 6.78. The summed E-state index contributed by atoms with van der Waals surface area (Å²) in [6, 6.07) is 5.34. The highest BCUT2D eigenvalue weighted by Crippen LogP contribution is 2.29. The number of anilines is 1. The molecule has 0 unspecified atom stereocenters. The topological polar surface area (TPSA) is 79.4 Å². The molecular weight excluding hydrogens is 346 g/mol. The lowest BCUT2D eigenvalue weighted by Crippen LogP contribution is -2.49. The average molecular weight is 367 g/mol. The summed E-state index contributed by atoms with van der Waals surface area (Å²) < 4.78 is 26.1. The van der Waals surface area contributed by atoms with E-state index >= 15 is 0 Å². The van der Waals surface area contributed by atoms with Crippen LogP contribution in [0.2, 0.25) is 0 Å². The van der Waals surface area contributed by atoms with Gasteiger partial charge in [0.25, 0.3) is 0 Å². The highest BCUT2D eigenvalue weighted by molar-refractivity contribution is 7.88. The van der Waals surface area contributed by atoms with Crippen LogP contribution in [0.1, 0.15) is 31.7 Å². The van der Waals surface area contributed by atoms with E-state index in [9.17, 15) is 13.2 Å². The molecule has 8 heteroatoms. The summed E-state index contributed by atoms with van der Waals surface area (Å²) in [6.45, 7) is 2.47. The van der Waals surface area contributed by atoms with E-state index in [-0.39, 0.29) is 5.91 Å². The van der Waals surface area contributed by atoms with E-state index in [2.05, 4.69) is 17.2 Å². The van der Waals surface area contributed by atoms with Gasteiger partial charge in [0.2, 0.25) is 15.9 Å². The summed E-state index contributed by atoms with van der Waals surface area (Å²) in [5.41, 5.74) is 2.04. The Balaban J connectivity index is 1.83. The Morgan fingerprint density at radius 1 is 1.42 bits per heavy atom. The van der Waals surface area contributed by atoms with Gasteiger partial charge in [-0.3, -0.25) is 4.79 Å². The van der Waals surface area contributed by atoms with Gasteiger partial charge in [-0.05, 0) is 30.9 Å². The predicted octanol–water partition coefficient (Wildman–Crippen LogP) is 2.61. The van der Waals surface area contributed by atoms with Gasteiger partial charge in [0.05, 0.1) is 16.5 Å². The van der Waals surface area contributed by atoms with Crippen LogP contribution in [0.3, 0.4) is 0 Å². The number of fused-ring (bicyclic) bond motifs is 1. The minimum Gasteiger partial charge on any atom is -0.301 e. The van der Waals surface area contributed by atoms with E-state index in [0.717, 1.165) is 41.3 Å². The van der Waals surface area contributed by atoms with Crippen molar-refractivity contribution in [2.45, 2.75) is 38.6 Å². The zero-order chi connectivity index (χ0) is 17.3. The molecule has 24 heavy (non-hydrogen) atoms. The number of aromatic nitrogens is 1. The van der Waals surface area contributed by atoms with Crippen LogP contribution >= 0.6 is 11.3 Å². The molecule has 6 nitrogen and oxygen atoms in total. The Bertz CT molecular complexity index is 861. The maximum atomic E-state index is 12.6. The molecule has 0 saturated carbocycles. The van der Waals surface area contributed by atoms with Crippen LogP contribution in [-0.4, -0.2) is 42.5 Å². The number of carbonyl (C=O) groups is 1. The van der Waals surface area contributed by atoms with Crippen molar-refractivity contribution in [3.63, 3.8) is 0 Å². The molecule has 2 aromatic rings. The fraction of sp³-hybridized carbons (Fsp3) is 0.500. The van der Waals surface area contributed by atoms with E-state index in [4.69, 9.17) is 0 Å². The Morgan fingerprint density at radius 3 is 2.92 bits per heavy atom. The van der Waals surface area contributed by atoms with Crippen LogP contribution in [0.15, 0.2) is 18.2 Å². The van der Waals surface area contributed by atoms with Gasteiger partial charge < -0.3 is 5.32 Å². The summed E-state index contributed by atoms with van der Waals surface area (Å²) in [7, 11) is -3.39. The van der Waals surface area contributed by atoms with Gasteiger partial charge in [-0.2, -0.15) is 4.31 Å². The monoisotopic (exact) mass is 367 g/mol. The van der Waals surface area contributed by atoms with Crippen molar-refractivity contribution < 1.29 is 13.2 Å². The van der Waals surface area contributed by atoms with Gasteiger partial charge in [0, 0.05) is 6.54 Å². The smallest absolute Gasteiger partial charge is 0.244 e. The molecule has 130 valence electrons. The number of sulfonamides is 1. The SMILES string of the molecule is CCc1cccc2sc(NC(=O)[C@@H]3CCCCN3S(C)(=O)=O)nc12. The van der Waals surface area contributed by atoms with Crippen molar-refractivity contribution in [2.75, 3.05) is 18.1 Å². The zero-order valence-electron chi connectivity index (χ0n) is 13.8. The third-order valence-corrected chi connectivity index (χ3v) is 6.52. The standard InChI is InChI=1S/C16H21N3O3S2/c1-3-11-7-6-9-13-14(11)17-16(23-13)18-15(20)12-8-4-5-10-19(12)24(2,21)22/h6-7,9,12H,3-5,8,10H2,1-2H3,(H,17,18,20)/t12-/m0/s1. The maximum absolute atomic E-state index is 12.6. The normalized spacial score (nSPS) is 19.5. The lowest BCUT2D eigenvalue weighted by molar-refractivity contribution is -0.120. The van der Waals surface area contributed by atoms with E-state index in [0.29, 0.717) is 18.1 Å². The number of rotatable bonds is 4. The second-order valence-corrected chi connectivity index (χ2v) is 8.98. The van der Waals surface area contributed by atoms with Gasteiger partial charge in [0.15, 0.2) is 5.13 Å². The number of amides is 1. The molecule has 1 atom stereocenters. The number of carbonyl (C=O) groups excluding carboxylic acids is 1. The molecule has 0 radical (unpaired) electrons. The van der Waals surface area contributed by atoms with Crippen LogP contribution in [-0.2, 0) is 21.2 Å². The molecule has 1 N–H and O–H groups in total. The third kappa shape index (κ3) is 3.45. The molecule has 1 aliphatic heterocycles. The number of hydrogen-bond donors (Lipinski definition) is 1. The molecule has 0 bridgehead atoms. The first-order valence-corrected chi connectivity index (χ1v) is 10.7. The van der Waals surface area contributed by atoms with Gasteiger partial charge >= 0.3 is 0 Å². The van der Waals surface area contributed by atoms with Gasteiger partial charge in [-0.15, -0.1) is 0 Å². The van der Waals surface area contributed by atoms with Crippen LogP contribution in [0, 0.1) is 0 Å². The Hall–Kier alpha value is -1.51. The summed E-state index contributed by atoms with van der Waals surface area (Å²) in [5.74, 6) is -0.294. The molecule has 1 aromatic heterocycles. The van der Waals surface area contributed by atoms with Crippen molar-refractivity contribution in [1.29, 1.82) is 0 Å². The summed E-state index contributed by atoms with van der Waals surface area (Å²) in [6.07, 6.45) is 4.22. The number of nitrogens with zero attached hydrogens (tertiary/aromatic N) is 2. The lowest BCUT2D eigenvalue weighted by Gasteiger charge is -2.32. The third-order valence-electron chi connectivity index (χ3n) is 4.30. The molecular formula is C16H21N3O3S2. The molecule has 1 fully saturated rings. The van der Waals surface area contributed by atoms with E-state index in [1.54, 1.807) is 0 Å². The fourth-order valence-corrected chi connectivity index (χ4v) is 5.14. The van der Waals surface area contributed by atoms with E-state index < -0.39 is 16.1 Å². The van der Waals surface area contributed by atoms with Gasteiger partial charge in [-0.1, -0.05) is 36.8 Å². The number of hydrogen-bond acceptors (Lipinski definition) is 5. The summed E-state index contributed by atoms with van der Waals surface area (Å²) in [4.78, 5) is 17.1. The van der Waals surface area contributed by atoms with Crippen LogP contribution in [0.5, 0.6) is 0 Å². The average Bonchev–Trinajstić information content (AvgIpc) is 2.96. The van der Waals surface area contributed by atoms with Crippen molar-refractivity contribution in [3.05, 3.63) is 23.8 Å². The first-order valence-electron chi connectivity index (χ1n) is 8.06. The number of para-hydroxylation sites is 1. The van der Waals surface area contributed by atoms with Crippen LogP contribution in [0.25, 0.3) is 10.2 Å². The molecule has 1 amide bonds. The van der Waals surface area contributed by atoms with Crippen LogP contribution < -0.4 is 5.32 Å². The summed E-state index contributed by atoms with van der Waals surface area (Å²) >= 11 is 1.42. The first-order chi connectivity index (χ1) is 11.4. The minimum absolute atomic E-state index is 0.294. The quantitative estimate of drug-likeness (QED) is 0.901. The highest BCUT2D eigenvalue weighted by Gasteiger charge is 2.34. The van der Waals surface area contributed by atoms with Crippen molar-refractivity contribution in [1.82, 2.24) is 9.29 Å². The molecule has 1 aromatic carbocycles. The largest absolute Gasteiger partial charge is 0.301 e. The number of aryl methyl sites for hydroxylation is 1. The highest BCUT2D eigenvalue weighted by atomic mass is 32.2. The Labute approximate surface area is 145 Å². The fourth-order valence-electron chi connectivity index (χ4n) is 3.10. The number of piperidine rings is 1. The molecule has 0 aliphatic carbocycles. The molecule has 0 spiro atoms. The Morgan fingerprint density at radius 2 is 2.21 bits per heavy atom. The second-order valence-electron chi connectivity index (χ2n) is 6.01. The summed E-state index contributed by atoms with van der Waals surface area (Å²) in [5, 5.41) is 3.34. The predicted molar refractivity (Wildman–Crippen MR) is 96.8 cm³/mol. The number of benzene rings is 1. The molecule has 2 heterocycles. The van der Waals surface area contributed by atoms with Gasteiger partial charge in [0.1, 0.15) is 6.04 Å². The maximum Gasteiger partial charge on any atom is 0.244 e. The van der Waals surface area contributed by atoms with Crippen molar-refractivity contribution in [2.24, 2.45) is 0 Å².